The normalized spacial score (nSPS) is 10.6. The van der Waals surface area contributed by atoms with Gasteiger partial charge in [0.25, 0.3) is 11.6 Å². The summed E-state index contributed by atoms with van der Waals surface area (Å²) in [6.45, 7) is -0.519. The van der Waals surface area contributed by atoms with E-state index in [0.717, 1.165) is 16.5 Å². The zero-order chi connectivity index (χ0) is 21.5. The average Bonchev–Trinajstić information content (AvgIpc) is 3.15. The monoisotopic (exact) mass is 411 g/mol. The Morgan fingerprint density at radius 2 is 2.00 bits per heavy atom. The summed E-state index contributed by atoms with van der Waals surface area (Å²) in [5, 5.41) is 14.6. The van der Waals surface area contributed by atoms with E-state index in [-0.39, 0.29) is 17.8 Å². The number of nitrogens with one attached hydrogen (secondary N) is 2. The maximum atomic E-state index is 12.0. The third-order valence-electron chi connectivity index (χ3n) is 4.54. The number of nitro benzene ring substituents is 1. The van der Waals surface area contributed by atoms with Crippen LogP contribution in [0.3, 0.4) is 0 Å². The summed E-state index contributed by atoms with van der Waals surface area (Å²) in [6.07, 6.45) is 3.36. The molecule has 3 rings (SSSR count). The van der Waals surface area contributed by atoms with Crippen LogP contribution in [0, 0.1) is 10.1 Å². The number of ether oxygens (including phenoxy) is 2. The quantitative estimate of drug-likeness (QED) is 0.315. The Labute approximate surface area is 172 Å². The molecular formula is C21H21N3O6. The SMILES string of the molecule is COc1ccc(NC(=O)COC(=O)CCCc2c[nH]c3ccccc23)c([N+](=O)[O-])c1. The molecule has 3 aromatic rings. The Hall–Kier alpha value is -3.88. The van der Waals surface area contributed by atoms with Crippen molar-refractivity contribution in [2.75, 3.05) is 19.0 Å². The van der Waals surface area contributed by atoms with E-state index in [1.807, 2.05) is 30.5 Å². The number of methoxy groups -OCH3 is 1. The van der Waals surface area contributed by atoms with Crippen LogP contribution in [0.4, 0.5) is 11.4 Å². The summed E-state index contributed by atoms with van der Waals surface area (Å²) in [6, 6.07) is 12.0. The molecule has 2 N–H and O–H groups in total. The highest BCUT2D eigenvalue weighted by Crippen LogP contribution is 2.28. The van der Waals surface area contributed by atoms with Crippen LogP contribution in [0.2, 0.25) is 0 Å². The fourth-order valence-corrected chi connectivity index (χ4v) is 3.06. The molecule has 1 amide bonds. The maximum absolute atomic E-state index is 12.0. The minimum atomic E-state index is -0.659. The van der Waals surface area contributed by atoms with E-state index in [1.165, 1.54) is 25.3 Å². The number of aryl methyl sites for hydroxylation is 1. The van der Waals surface area contributed by atoms with Gasteiger partial charge in [0.2, 0.25) is 0 Å². The van der Waals surface area contributed by atoms with Gasteiger partial charge in [0.05, 0.1) is 18.1 Å². The first-order valence-electron chi connectivity index (χ1n) is 9.31. The molecule has 0 aliphatic heterocycles. The van der Waals surface area contributed by atoms with Gasteiger partial charge in [0.15, 0.2) is 6.61 Å². The summed E-state index contributed by atoms with van der Waals surface area (Å²) in [4.78, 5) is 37.6. The topological polar surface area (TPSA) is 124 Å². The fourth-order valence-electron chi connectivity index (χ4n) is 3.06. The number of H-pyrrole nitrogens is 1. The van der Waals surface area contributed by atoms with Gasteiger partial charge in [-0.2, -0.15) is 0 Å². The van der Waals surface area contributed by atoms with Gasteiger partial charge in [-0.05, 0) is 36.6 Å². The lowest BCUT2D eigenvalue weighted by Gasteiger charge is -2.08. The van der Waals surface area contributed by atoms with Crippen LogP contribution < -0.4 is 10.1 Å². The van der Waals surface area contributed by atoms with Crippen LogP contribution >= 0.6 is 0 Å². The number of hydrogen-bond donors (Lipinski definition) is 2. The second-order valence-corrected chi connectivity index (χ2v) is 6.56. The van der Waals surface area contributed by atoms with Crippen molar-refractivity contribution in [3.8, 4) is 5.75 Å². The summed E-state index contributed by atoms with van der Waals surface area (Å²) < 4.78 is 9.92. The number of hydrogen-bond acceptors (Lipinski definition) is 6. The van der Waals surface area contributed by atoms with E-state index < -0.39 is 23.4 Å². The number of aromatic nitrogens is 1. The Balaban J connectivity index is 1.45. The molecule has 1 aromatic heterocycles. The van der Waals surface area contributed by atoms with Gasteiger partial charge >= 0.3 is 5.97 Å². The molecule has 9 heteroatoms. The Bertz CT molecular complexity index is 1080. The van der Waals surface area contributed by atoms with Gasteiger partial charge in [0, 0.05) is 23.5 Å². The molecule has 0 atom stereocenters. The molecule has 0 aliphatic rings. The average molecular weight is 411 g/mol. The first kappa shape index (κ1) is 20.8. The number of rotatable bonds is 9. The summed E-state index contributed by atoms with van der Waals surface area (Å²) in [5.41, 5.74) is 1.84. The van der Waals surface area contributed by atoms with Gasteiger partial charge in [-0.15, -0.1) is 0 Å². The maximum Gasteiger partial charge on any atom is 0.306 e. The molecule has 0 spiro atoms. The molecule has 0 saturated heterocycles. The van der Waals surface area contributed by atoms with Crippen molar-refractivity contribution < 1.29 is 24.0 Å². The number of para-hydroxylation sites is 1. The van der Waals surface area contributed by atoms with Gasteiger partial charge in [-0.25, -0.2) is 0 Å². The summed E-state index contributed by atoms with van der Waals surface area (Å²) in [7, 11) is 1.38. The molecule has 0 bridgehead atoms. The highest BCUT2D eigenvalue weighted by molar-refractivity contribution is 5.95. The fraction of sp³-hybridized carbons (Fsp3) is 0.238. The minimum absolute atomic E-state index is 0.00110. The van der Waals surface area contributed by atoms with Crippen molar-refractivity contribution in [1.29, 1.82) is 0 Å². The molecule has 0 fully saturated rings. The lowest BCUT2D eigenvalue weighted by atomic mass is 10.1. The molecule has 0 aliphatic carbocycles. The number of nitrogens with zero attached hydrogens (tertiary/aromatic N) is 1. The van der Waals surface area contributed by atoms with Crippen molar-refractivity contribution in [2.24, 2.45) is 0 Å². The lowest BCUT2D eigenvalue weighted by molar-refractivity contribution is -0.384. The van der Waals surface area contributed by atoms with Crippen molar-refractivity contribution >= 4 is 34.2 Å². The molecule has 0 saturated carbocycles. The third kappa shape index (κ3) is 5.13. The van der Waals surface area contributed by atoms with E-state index in [1.54, 1.807) is 0 Å². The Kier molecular flexibility index (Phi) is 6.63. The van der Waals surface area contributed by atoms with Crippen LogP contribution in [0.1, 0.15) is 18.4 Å². The number of amides is 1. The highest BCUT2D eigenvalue weighted by Gasteiger charge is 2.18. The molecule has 156 valence electrons. The zero-order valence-corrected chi connectivity index (χ0v) is 16.3. The van der Waals surface area contributed by atoms with Crippen molar-refractivity contribution in [3.63, 3.8) is 0 Å². The lowest BCUT2D eigenvalue weighted by Crippen LogP contribution is -2.21. The van der Waals surface area contributed by atoms with Crippen molar-refractivity contribution in [2.45, 2.75) is 19.3 Å². The van der Waals surface area contributed by atoms with E-state index in [4.69, 9.17) is 9.47 Å². The first-order valence-corrected chi connectivity index (χ1v) is 9.31. The van der Waals surface area contributed by atoms with E-state index in [2.05, 4.69) is 10.3 Å². The standard InChI is InChI=1S/C21H21N3O6/c1-29-15-9-10-18(19(11-15)24(27)28)23-20(25)13-30-21(26)8-4-5-14-12-22-17-7-3-2-6-16(14)17/h2-3,6-7,9-12,22H,4-5,8,13H2,1H3,(H,23,25). The molecule has 0 radical (unpaired) electrons. The van der Waals surface area contributed by atoms with Crippen LogP contribution in [0.25, 0.3) is 10.9 Å². The third-order valence-corrected chi connectivity index (χ3v) is 4.54. The number of carbonyl (C=O) groups is 2. The van der Waals surface area contributed by atoms with E-state index in [9.17, 15) is 19.7 Å². The molecule has 9 nitrogen and oxygen atoms in total. The van der Waals surface area contributed by atoms with Crippen LogP contribution in [0.5, 0.6) is 5.75 Å². The summed E-state index contributed by atoms with van der Waals surface area (Å²) in [5.74, 6) is -0.871. The zero-order valence-electron chi connectivity index (χ0n) is 16.3. The van der Waals surface area contributed by atoms with Crippen LogP contribution in [-0.4, -0.2) is 35.5 Å². The molecule has 30 heavy (non-hydrogen) atoms. The number of aromatic amines is 1. The van der Waals surface area contributed by atoms with Gasteiger partial charge in [-0.3, -0.25) is 19.7 Å². The number of esters is 1. The van der Waals surface area contributed by atoms with Crippen LogP contribution in [-0.2, 0) is 20.7 Å². The van der Waals surface area contributed by atoms with Crippen molar-refractivity contribution in [1.82, 2.24) is 4.98 Å². The second-order valence-electron chi connectivity index (χ2n) is 6.56. The number of nitro groups is 1. The number of benzene rings is 2. The van der Waals surface area contributed by atoms with Crippen molar-refractivity contribution in [3.05, 3.63) is 64.3 Å². The molecular weight excluding hydrogens is 390 g/mol. The van der Waals surface area contributed by atoms with Gasteiger partial charge in [-0.1, -0.05) is 18.2 Å². The van der Waals surface area contributed by atoms with Crippen LogP contribution in [0.15, 0.2) is 48.7 Å². The Morgan fingerprint density at radius 1 is 1.20 bits per heavy atom. The van der Waals surface area contributed by atoms with E-state index >= 15 is 0 Å². The minimum Gasteiger partial charge on any atom is -0.496 e. The molecule has 2 aromatic carbocycles. The predicted molar refractivity (Wildman–Crippen MR) is 110 cm³/mol. The van der Waals surface area contributed by atoms with E-state index in [0.29, 0.717) is 18.6 Å². The number of fused-ring (bicyclic) bond motifs is 1. The van der Waals surface area contributed by atoms with Gasteiger partial charge < -0.3 is 19.8 Å². The Morgan fingerprint density at radius 3 is 2.77 bits per heavy atom. The number of anilines is 1. The molecule has 0 unspecified atom stereocenters. The predicted octanol–water partition coefficient (Wildman–Crippen LogP) is 3.59. The first-order chi connectivity index (χ1) is 14.5. The smallest absolute Gasteiger partial charge is 0.306 e. The highest BCUT2D eigenvalue weighted by atomic mass is 16.6. The second kappa shape index (κ2) is 9.55. The largest absolute Gasteiger partial charge is 0.496 e. The summed E-state index contributed by atoms with van der Waals surface area (Å²) >= 11 is 0. The number of carbonyl (C=O) groups excluding carboxylic acids is 2. The van der Waals surface area contributed by atoms with Gasteiger partial charge in [0.1, 0.15) is 11.4 Å². The molecule has 1 heterocycles.